The molecule has 0 amide bonds. The Morgan fingerprint density at radius 3 is 2.73 bits per heavy atom. The zero-order valence-electron chi connectivity index (χ0n) is 16.7. The van der Waals surface area contributed by atoms with Crippen LogP contribution in [0.4, 0.5) is 0 Å². The van der Waals surface area contributed by atoms with Gasteiger partial charge in [0.25, 0.3) is 0 Å². The monoisotopic (exact) mass is 402 g/mol. The summed E-state index contributed by atoms with van der Waals surface area (Å²) in [6.07, 6.45) is 6.95. The molecule has 0 unspecified atom stereocenters. The minimum absolute atomic E-state index is 0.111. The van der Waals surface area contributed by atoms with Crippen molar-refractivity contribution in [2.75, 3.05) is 13.2 Å². The second-order valence-electron chi connectivity index (χ2n) is 7.27. The van der Waals surface area contributed by atoms with E-state index in [1.807, 2.05) is 43.3 Å². The molecule has 1 aromatic carbocycles. The number of hydrogen-bond donors (Lipinski definition) is 0. The van der Waals surface area contributed by atoms with Crippen molar-refractivity contribution in [1.82, 2.24) is 9.97 Å². The molecular formula is C24H22N2O4. The molecule has 1 aliphatic rings. The lowest BCUT2D eigenvalue weighted by Crippen LogP contribution is -2.26. The summed E-state index contributed by atoms with van der Waals surface area (Å²) in [4.78, 5) is 8.80. The maximum atomic E-state index is 6.42. The van der Waals surface area contributed by atoms with Gasteiger partial charge in [-0.05, 0) is 37.3 Å². The Labute approximate surface area is 174 Å². The molecule has 0 N–H and O–H groups in total. The molecular weight excluding hydrogens is 380 g/mol. The summed E-state index contributed by atoms with van der Waals surface area (Å²) in [6, 6.07) is 13.5. The Morgan fingerprint density at radius 2 is 1.87 bits per heavy atom. The number of fused-ring (bicyclic) bond motifs is 1. The average Bonchev–Trinajstić information content (AvgIpc) is 3.26. The van der Waals surface area contributed by atoms with Crippen LogP contribution in [-0.2, 0) is 4.74 Å². The van der Waals surface area contributed by atoms with Crippen LogP contribution in [0, 0.1) is 6.92 Å². The van der Waals surface area contributed by atoms with Gasteiger partial charge in [-0.3, -0.25) is 4.98 Å². The Balaban J connectivity index is 1.52. The molecule has 4 aromatic rings. The number of aromatic nitrogens is 2. The Bertz CT molecular complexity index is 1160. The highest BCUT2D eigenvalue weighted by molar-refractivity contribution is 5.82. The number of pyridine rings is 2. The van der Waals surface area contributed by atoms with Crippen LogP contribution in [0.15, 0.2) is 65.5 Å². The minimum atomic E-state index is 0.111. The van der Waals surface area contributed by atoms with Crippen molar-refractivity contribution in [1.29, 1.82) is 0 Å². The lowest BCUT2D eigenvalue weighted by molar-refractivity contribution is 0.0257. The molecule has 0 radical (unpaired) electrons. The van der Waals surface area contributed by atoms with Gasteiger partial charge in [-0.1, -0.05) is 6.07 Å². The molecule has 5 rings (SSSR count). The molecule has 30 heavy (non-hydrogen) atoms. The van der Waals surface area contributed by atoms with Crippen molar-refractivity contribution in [3.8, 4) is 28.5 Å². The van der Waals surface area contributed by atoms with Crippen LogP contribution in [-0.4, -0.2) is 29.3 Å². The third-order valence-electron chi connectivity index (χ3n) is 5.27. The summed E-state index contributed by atoms with van der Waals surface area (Å²) in [6.45, 7) is 3.44. The summed E-state index contributed by atoms with van der Waals surface area (Å²) in [5.74, 6) is 1.93. The minimum Gasteiger partial charge on any atom is -0.489 e. The van der Waals surface area contributed by atoms with E-state index < -0.39 is 0 Å². The molecule has 1 fully saturated rings. The van der Waals surface area contributed by atoms with E-state index in [4.69, 9.17) is 18.6 Å². The first-order chi connectivity index (χ1) is 14.8. The van der Waals surface area contributed by atoms with E-state index in [1.165, 1.54) is 0 Å². The van der Waals surface area contributed by atoms with Crippen molar-refractivity contribution >= 4 is 11.0 Å². The summed E-state index contributed by atoms with van der Waals surface area (Å²) in [5, 5.41) is 0.830. The molecule has 0 bridgehead atoms. The van der Waals surface area contributed by atoms with Crippen molar-refractivity contribution in [2.45, 2.75) is 25.9 Å². The Kier molecular flexibility index (Phi) is 5.07. The highest BCUT2D eigenvalue weighted by Crippen LogP contribution is 2.38. The molecule has 6 nitrogen and oxygen atoms in total. The molecule has 0 spiro atoms. The molecule has 0 saturated carbocycles. The SMILES string of the molecule is Cc1ncccc1-c1ccc(Oc2nccc3occc23)cc1OC1CCOCC1. The molecule has 1 aliphatic heterocycles. The smallest absolute Gasteiger partial charge is 0.230 e. The normalized spacial score (nSPS) is 14.7. The zero-order valence-corrected chi connectivity index (χ0v) is 16.7. The topological polar surface area (TPSA) is 66.6 Å². The maximum Gasteiger partial charge on any atom is 0.230 e. The largest absolute Gasteiger partial charge is 0.489 e. The van der Waals surface area contributed by atoms with E-state index >= 15 is 0 Å². The molecule has 6 heteroatoms. The predicted molar refractivity (Wildman–Crippen MR) is 113 cm³/mol. The van der Waals surface area contributed by atoms with Crippen LogP contribution in [0.3, 0.4) is 0 Å². The molecule has 3 aromatic heterocycles. The zero-order chi connectivity index (χ0) is 20.3. The highest BCUT2D eigenvalue weighted by atomic mass is 16.5. The first kappa shape index (κ1) is 18.6. The van der Waals surface area contributed by atoms with Crippen LogP contribution in [0.2, 0.25) is 0 Å². The Hall–Kier alpha value is -3.38. The standard InChI is InChI=1S/C24H22N2O4/c1-16-19(3-2-10-25-16)20-5-4-18(15-23(20)29-17-7-12-27-13-8-17)30-24-21-9-14-28-22(21)6-11-26-24/h2-6,9-11,14-15,17H,7-8,12-13H2,1H3. The third-order valence-corrected chi connectivity index (χ3v) is 5.27. The van der Waals surface area contributed by atoms with Crippen molar-refractivity contribution in [2.24, 2.45) is 0 Å². The summed E-state index contributed by atoms with van der Waals surface area (Å²) in [5.41, 5.74) is 3.73. The van der Waals surface area contributed by atoms with Gasteiger partial charge in [-0.25, -0.2) is 4.98 Å². The first-order valence-electron chi connectivity index (χ1n) is 10.1. The van der Waals surface area contributed by atoms with Gasteiger partial charge < -0.3 is 18.6 Å². The van der Waals surface area contributed by atoms with Crippen molar-refractivity contribution in [3.05, 3.63) is 66.8 Å². The summed E-state index contributed by atoms with van der Waals surface area (Å²) < 4.78 is 23.5. The maximum absolute atomic E-state index is 6.42. The molecule has 152 valence electrons. The lowest BCUT2D eigenvalue weighted by Gasteiger charge is -2.25. The van der Waals surface area contributed by atoms with Gasteiger partial charge in [0.2, 0.25) is 5.88 Å². The van der Waals surface area contributed by atoms with Gasteiger partial charge in [0.1, 0.15) is 23.2 Å². The number of aryl methyl sites for hydroxylation is 1. The van der Waals surface area contributed by atoms with Crippen LogP contribution < -0.4 is 9.47 Å². The van der Waals surface area contributed by atoms with Gasteiger partial charge in [0.15, 0.2) is 0 Å². The number of hydrogen-bond acceptors (Lipinski definition) is 6. The molecule has 0 atom stereocenters. The first-order valence-corrected chi connectivity index (χ1v) is 10.1. The molecule has 0 aliphatic carbocycles. The van der Waals surface area contributed by atoms with Gasteiger partial charge in [0, 0.05) is 48.1 Å². The number of furan rings is 1. The van der Waals surface area contributed by atoms with Gasteiger partial charge >= 0.3 is 0 Å². The fraction of sp³-hybridized carbons (Fsp3) is 0.250. The second kappa shape index (κ2) is 8.16. The highest BCUT2D eigenvalue weighted by Gasteiger charge is 2.19. The van der Waals surface area contributed by atoms with Crippen LogP contribution >= 0.6 is 0 Å². The fourth-order valence-electron chi connectivity index (χ4n) is 3.69. The summed E-state index contributed by atoms with van der Waals surface area (Å²) in [7, 11) is 0. The number of rotatable bonds is 5. The van der Waals surface area contributed by atoms with Crippen LogP contribution in [0.1, 0.15) is 18.5 Å². The van der Waals surface area contributed by atoms with E-state index in [0.717, 1.165) is 46.4 Å². The molecule has 4 heterocycles. The molecule has 1 saturated heterocycles. The third kappa shape index (κ3) is 3.74. The van der Waals surface area contributed by atoms with E-state index in [1.54, 1.807) is 18.7 Å². The van der Waals surface area contributed by atoms with E-state index in [2.05, 4.69) is 16.0 Å². The summed E-state index contributed by atoms with van der Waals surface area (Å²) >= 11 is 0. The van der Waals surface area contributed by atoms with E-state index in [9.17, 15) is 0 Å². The van der Waals surface area contributed by atoms with Gasteiger partial charge in [-0.2, -0.15) is 0 Å². The van der Waals surface area contributed by atoms with Gasteiger partial charge in [0.05, 0.1) is 24.9 Å². The van der Waals surface area contributed by atoms with Crippen LogP contribution in [0.5, 0.6) is 17.4 Å². The number of ether oxygens (including phenoxy) is 3. The van der Waals surface area contributed by atoms with Crippen LogP contribution in [0.25, 0.3) is 22.1 Å². The number of nitrogens with zero attached hydrogens (tertiary/aromatic N) is 2. The Morgan fingerprint density at radius 1 is 0.967 bits per heavy atom. The number of benzene rings is 1. The predicted octanol–water partition coefficient (Wildman–Crippen LogP) is 5.55. The van der Waals surface area contributed by atoms with E-state index in [-0.39, 0.29) is 6.10 Å². The van der Waals surface area contributed by atoms with Gasteiger partial charge in [-0.15, -0.1) is 0 Å². The fourth-order valence-corrected chi connectivity index (χ4v) is 3.69. The lowest BCUT2D eigenvalue weighted by atomic mass is 10.0. The van der Waals surface area contributed by atoms with Crippen molar-refractivity contribution in [3.63, 3.8) is 0 Å². The van der Waals surface area contributed by atoms with Crippen molar-refractivity contribution < 1.29 is 18.6 Å². The average molecular weight is 402 g/mol. The quantitative estimate of drug-likeness (QED) is 0.436. The van der Waals surface area contributed by atoms with E-state index in [0.29, 0.717) is 24.8 Å². The second-order valence-corrected chi connectivity index (χ2v) is 7.27.